The molecule has 0 saturated carbocycles. The van der Waals surface area contributed by atoms with E-state index < -0.39 is 0 Å². The largest absolute Gasteiger partial charge is 0.339 e. The first kappa shape index (κ1) is 18.4. The van der Waals surface area contributed by atoms with E-state index >= 15 is 0 Å². The van der Waals surface area contributed by atoms with Gasteiger partial charge in [-0.3, -0.25) is 14.6 Å². The maximum absolute atomic E-state index is 12.4. The molecule has 0 aliphatic carbocycles. The van der Waals surface area contributed by atoms with Crippen molar-refractivity contribution in [3.8, 4) is 0 Å². The van der Waals surface area contributed by atoms with E-state index in [4.69, 9.17) is 5.73 Å². The lowest BCUT2D eigenvalue weighted by Gasteiger charge is -2.35. The minimum absolute atomic E-state index is 0. The molecule has 0 atom stereocenters. The Morgan fingerprint density at radius 2 is 1.82 bits per heavy atom. The van der Waals surface area contributed by atoms with Crippen LogP contribution in [-0.2, 0) is 11.3 Å². The number of halogens is 1. The zero-order valence-corrected chi connectivity index (χ0v) is 13.8. The van der Waals surface area contributed by atoms with Crippen LogP contribution in [0.15, 0.2) is 18.3 Å². The minimum Gasteiger partial charge on any atom is -0.339 e. The Hall–Kier alpha value is -1.66. The fourth-order valence-corrected chi connectivity index (χ4v) is 2.40. The third-order valence-electron chi connectivity index (χ3n) is 3.65. The predicted octanol–water partition coefficient (Wildman–Crippen LogP) is 0.902. The zero-order chi connectivity index (χ0) is 15.4. The number of amides is 2. The molecule has 122 valence electrons. The van der Waals surface area contributed by atoms with Crippen LogP contribution in [0, 0.1) is 5.92 Å². The van der Waals surface area contributed by atoms with E-state index in [0.717, 1.165) is 0 Å². The van der Waals surface area contributed by atoms with Crippen LogP contribution < -0.4 is 5.73 Å². The third kappa shape index (κ3) is 4.18. The molecule has 0 bridgehead atoms. The Balaban J connectivity index is 0.00000242. The topological polar surface area (TPSA) is 79.5 Å². The molecule has 1 aromatic rings. The number of hydrogen-bond acceptors (Lipinski definition) is 4. The quantitative estimate of drug-likeness (QED) is 0.895. The minimum atomic E-state index is -0.0243. The number of nitrogens with zero attached hydrogens (tertiary/aromatic N) is 3. The number of carbonyl (C=O) groups is 2. The van der Waals surface area contributed by atoms with Gasteiger partial charge in [-0.1, -0.05) is 13.8 Å². The van der Waals surface area contributed by atoms with Gasteiger partial charge in [0.1, 0.15) is 0 Å². The summed E-state index contributed by atoms with van der Waals surface area (Å²) in [6, 6.07) is 3.43. The van der Waals surface area contributed by atoms with Gasteiger partial charge < -0.3 is 15.5 Å². The lowest BCUT2D eigenvalue weighted by molar-refractivity contribution is -0.135. The summed E-state index contributed by atoms with van der Waals surface area (Å²) < 4.78 is 0. The van der Waals surface area contributed by atoms with E-state index in [1.807, 2.05) is 18.7 Å². The predicted molar refractivity (Wildman–Crippen MR) is 86.7 cm³/mol. The second-order valence-electron chi connectivity index (χ2n) is 5.51. The van der Waals surface area contributed by atoms with E-state index in [9.17, 15) is 9.59 Å². The Bertz CT molecular complexity index is 528. The van der Waals surface area contributed by atoms with Gasteiger partial charge in [-0.05, 0) is 12.1 Å². The van der Waals surface area contributed by atoms with Crippen LogP contribution in [0.4, 0.5) is 0 Å². The normalized spacial score (nSPS) is 14.7. The smallest absolute Gasteiger partial charge is 0.254 e. The number of carbonyl (C=O) groups excluding carboxylic acids is 2. The van der Waals surface area contributed by atoms with Crippen LogP contribution in [-0.4, -0.2) is 52.8 Å². The van der Waals surface area contributed by atoms with Gasteiger partial charge in [-0.15, -0.1) is 12.4 Å². The highest BCUT2D eigenvalue weighted by Gasteiger charge is 2.25. The Morgan fingerprint density at radius 3 is 2.36 bits per heavy atom. The van der Waals surface area contributed by atoms with E-state index in [0.29, 0.717) is 44.0 Å². The average Bonchev–Trinajstić information content (AvgIpc) is 2.53. The number of nitrogens with two attached hydrogens (primary N) is 1. The van der Waals surface area contributed by atoms with E-state index in [2.05, 4.69) is 4.98 Å². The van der Waals surface area contributed by atoms with Crippen molar-refractivity contribution in [2.75, 3.05) is 26.2 Å². The first-order valence-electron chi connectivity index (χ1n) is 7.26. The highest BCUT2D eigenvalue weighted by atomic mass is 35.5. The molecule has 1 fully saturated rings. The first-order chi connectivity index (χ1) is 10.0. The number of piperazine rings is 1. The summed E-state index contributed by atoms with van der Waals surface area (Å²) in [6.45, 7) is 6.43. The lowest BCUT2D eigenvalue weighted by atomic mass is 10.1. The zero-order valence-electron chi connectivity index (χ0n) is 13.0. The van der Waals surface area contributed by atoms with Gasteiger partial charge >= 0.3 is 0 Å². The van der Waals surface area contributed by atoms with Gasteiger partial charge in [0.25, 0.3) is 5.91 Å². The Kier molecular flexibility index (Phi) is 6.77. The highest BCUT2D eigenvalue weighted by Crippen LogP contribution is 2.11. The monoisotopic (exact) mass is 326 g/mol. The first-order valence-corrected chi connectivity index (χ1v) is 7.26. The van der Waals surface area contributed by atoms with Crippen LogP contribution in [0.1, 0.15) is 29.9 Å². The third-order valence-corrected chi connectivity index (χ3v) is 3.65. The van der Waals surface area contributed by atoms with E-state index in [1.54, 1.807) is 23.2 Å². The van der Waals surface area contributed by atoms with Crippen molar-refractivity contribution in [2.45, 2.75) is 20.4 Å². The molecule has 2 rings (SSSR count). The fraction of sp³-hybridized carbons (Fsp3) is 0.533. The van der Waals surface area contributed by atoms with Crippen molar-refractivity contribution < 1.29 is 9.59 Å². The van der Waals surface area contributed by atoms with Crippen molar-refractivity contribution >= 4 is 24.2 Å². The molecule has 7 heteroatoms. The van der Waals surface area contributed by atoms with Gasteiger partial charge in [0.2, 0.25) is 5.91 Å². The van der Waals surface area contributed by atoms with Crippen molar-refractivity contribution in [1.29, 1.82) is 0 Å². The molecular formula is C15H23ClN4O2. The molecule has 6 nitrogen and oxygen atoms in total. The number of rotatable bonds is 3. The second kappa shape index (κ2) is 8.10. The molecule has 2 amide bonds. The van der Waals surface area contributed by atoms with Crippen molar-refractivity contribution in [2.24, 2.45) is 11.7 Å². The molecule has 2 heterocycles. The van der Waals surface area contributed by atoms with E-state index in [1.165, 1.54) is 0 Å². The van der Waals surface area contributed by atoms with E-state index in [-0.39, 0.29) is 30.1 Å². The molecule has 2 N–H and O–H groups in total. The van der Waals surface area contributed by atoms with Gasteiger partial charge in [-0.25, -0.2) is 0 Å². The van der Waals surface area contributed by atoms with Crippen LogP contribution in [0.25, 0.3) is 0 Å². The number of pyridine rings is 1. The molecule has 1 saturated heterocycles. The van der Waals surface area contributed by atoms with Crippen LogP contribution in [0.5, 0.6) is 0 Å². The summed E-state index contributed by atoms with van der Waals surface area (Å²) in [5.74, 6) is 0.125. The molecule has 0 radical (unpaired) electrons. The molecule has 1 aromatic heterocycles. The fourth-order valence-electron chi connectivity index (χ4n) is 2.40. The summed E-state index contributed by atoms with van der Waals surface area (Å²) >= 11 is 0. The maximum Gasteiger partial charge on any atom is 0.254 e. The standard InChI is InChI=1S/C15H22N4O2.ClH/c1-11(2)14(20)18-5-7-19(8-6-18)15(21)12-3-4-17-13(9-12)10-16;/h3-4,9,11H,5-8,10,16H2,1-2H3;1H. The van der Waals surface area contributed by atoms with Crippen molar-refractivity contribution in [1.82, 2.24) is 14.8 Å². The molecule has 0 unspecified atom stereocenters. The summed E-state index contributed by atoms with van der Waals surface area (Å²) in [4.78, 5) is 32.1. The summed E-state index contributed by atoms with van der Waals surface area (Å²) in [6.07, 6.45) is 1.61. The van der Waals surface area contributed by atoms with Crippen LogP contribution in [0.3, 0.4) is 0 Å². The molecule has 0 aromatic carbocycles. The van der Waals surface area contributed by atoms with Crippen LogP contribution >= 0.6 is 12.4 Å². The van der Waals surface area contributed by atoms with Gasteiger partial charge in [0.05, 0.1) is 5.69 Å². The van der Waals surface area contributed by atoms with Gasteiger partial charge in [0, 0.05) is 50.4 Å². The second-order valence-corrected chi connectivity index (χ2v) is 5.51. The number of hydrogen-bond donors (Lipinski definition) is 1. The molecule has 22 heavy (non-hydrogen) atoms. The number of aromatic nitrogens is 1. The van der Waals surface area contributed by atoms with Crippen LogP contribution in [0.2, 0.25) is 0 Å². The summed E-state index contributed by atoms with van der Waals surface area (Å²) in [5, 5.41) is 0. The lowest BCUT2D eigenvalue weighted by Crippen LogP contribution is -2.51. The van der Waals surface area contributed by atoms with Crippen molar-refractivity contribution in [3.63, 3.8) is 0 Å². The maximum atomic E-state index is 12.4. The SMILES string of the molecule is CC(C)C(=O)N1CCN(C(=O)c2ccnc(CN)c2)CC1.Cl. The Morgan fingerprint density at radius 1 is 1.23 bits per heavy atom. The van der Waals surface area contributed by atoms with Crippen molar-refractivity contribution in [3.05, 3.63) is 29.6 Å². The molecule has 1 aliphatic rings. The highest BCUT2D eigenvalue weighted by molar-refractivity contribution is 5.94. The summed E-state index contributed by atoms with van der Waals surface area (Å²) in [5.41, 5.74) is 6.85. The average molecular weight is 327 g/mol. The molecular weight excluding hydrogens is 304 g/mol. The molecule has 0 spiro atoms. The molecule has 1 aliphatic heterocycles. The van der Waals surface area contributed by atoms with Gasteiger partial charge in [-0.2, -0.15) is 0 Å². The van der Waals surface area contributed by atoms with Gasteiger partial charge in [0.15, 0.2) is 0 Å². The Labute approximate surface area is 137 Å². The summed E-state index contributed by atoms with van der Waals surface area (Å²) in [7, 11) is 0.